The SMILES string of the molecule is COC(=O)c1ccccc1NC(=O)COC(=O)c1ccc(C)o1. The van der Waals surface area contributed by atoms with E-state index in [4.69, 9.17) is 9.15 Å². The molecule has 0 saturated carbocycles. The van der Waals surface area contributed by atoms with E-state index < -0.39 is 24.5 Å². The number of ether oxygens (including phenoxy) is 2. The summed E-state index contributed by atoms with van der Waals surface area (Å²) in [5.41, 5.74) is 0.477. The van der Waals surface area contributed by atoms with Crippen LogP contribution in [0.2, 0.25) is 0 Å². The smallest absolute Gasteiger partial charge is 0.374 e. The molecule has 0 aliphatic carbocycles. The monoisotopic (exact) mass is 317 g/mol. The van der Waals surface area contributed by atoms with Gasteiger partial charge in [0.25, 0.3) is 5.91 Å². The molecule has 0 atom stereocenters. The molecule has 1 heterocycles. The lowest BCUT2D eigenvalue weighted by Gasteiger charge is -2.09. The van der Waals surface area contributed by atoms with E-state index in [0.717, 1.165) is 0 Å². The Kier molecular flexibility index (Phi) is 5.14. The number of nitrogens with one attached hydrogen (secondary N) is 1. The summed E-state index contributed by atoms with van der Waals surface area (Å²) in [6.07, 6.45) is 0. The number of furan rings is 1. The second-order valence-corrected chi connectivity index (χ2v) is 4.57. The summed E-state index contributed by atoms with van der Waals surface area (Å²) in [4.78, 5) is 35.1. The first-order valence-corrected chi connectivity index (χ1v) is 6.72. The maximum absolute atomic E-state index is 11.8. The Morgan fingerprint density at radius 3 is 2.48 bits per heavy atom. The maximum atomic E-state index is 11.8. The Labute approximate surface area is 132 Å². The molecule has 7 nitrogen and oxygen atoms in total. The first-order valence-electron chi connectivity index (χ1n) is 6.72. The van der Waals surface area contributed by atoms with Crippen molar-refractivity contribution in [2.75, 3.05) is 19.0 Å². The number of carbonyl (C=O) groups excluding carboxylic acids is 3. The van der Waals surface area contributed by atoms with E-state index in [-0.39, 0.29) is 17.0 Å². The molecule has 1 aromatic carbocycles. The van der Waals surface area contributed by atoms with Crippen molar-refractivity contribution in [1.82, 2.24) is 0 Å². The zero-order chi connectivity index (χ0) is 16.8. The number of esters is 2. The third kappa shape index (κ3) is 4.19. The number of anilines is 1. The fraction of sp³-hybridized carbons (Fsp3) is 0.188. The van der Waals surface area contributed by atoms with Gasteiger partial charge in [-0.15, -0.1) is 0 Å². The molecule has 0 spiro atoms. The quantitative estimate of drug-likeness (QED) is 0.849. The molecule has 23 heavy (non-hydrogen) atoms. The van der Waals surface area contributed by atoms with Gasteiger partial charge in [-0.2, -0.15) is 0 Å². The van der Waals surface area contributed by atoms with Gasteiger partial charge in [0.15, 0.2) is 6.61 Å². The molecule has 0 fully saturated rings. The van der Waals surface area contributed by atoms with Gasteiger partial charge in [-0.05, 0) is 31.2 Å². The third-order valence-electron chi connectivity index (χ3n) is 2.88. The van der Waals surface area contributed by atoms with Gasteiger partial charge in [-0.3, -0.25) is 4.79 Å². The molecule has 0 saturated heterocycles. The van der Waals surface area contributed by atoms with Gasteiger partial charge in [-0.25, -0.2) is 9.59 Å². The molecule has 120 valence electrons. The molecule has 1 amide bonds. The van der Waals surface area contributed by atoms with Crippen LogP contribution in [0.15, 0.2) is 40.8 Å². The Morgan fingerprint density at radius 2 is 1.83 bits per heavy atom. The number of rotatable bonds is 5. The van der Waals surface area contributed by atoms with Gasteiger partial charge in [0.2, 0.25) is 5.76 Å². The molecule has 0 unspecified atom stereocenters. The van der Waals surface area contributed by atoms with E-state index in [1.165, 1.54) is 19.2 Å². The summed E-state index contributed by atoms with van der Waals surface area (Å²) in [6.45, 7) is 1.18. The predicted molar refractivity (Wildman–Crippen MR) is 80.1 cm³/mol. The van der Waals surface area contributed by atoms with Crippen molar-refractivity contribution in [1.29, 1.82) is 0 Å². The second-order valence-electron chi connectivity index (χ2n) is 4.57. The van der Waals surface area contributed by atoms with Crippen molar-refractivity contribution < 1.29 is 28.3 Å². The van der Waals surface area contributed by atoms with E-state index in [9.17, 15) is 14.4 Å². The molecular formula is C16H15NO6. The molecule has 7 heteroatoms. The van der Waals surface area contributed by atoms with Gasteiger partial charge in [0, 0.05) is 0 Å². The van der Waals surface area contributed by atoms with Crippen molar-refractivity contribution in [3.05, 3.63) is 53.5 Å². The highest BCUT2D eigenvalue weighted by Crippen LogP contribution is 2.16. The van der Waals surface area contributed by atoms with Crippen molar-refractivity contribution in [2.45, 2.75) is 6.92 Å². The minimum Gasteiger partial charge on any atom is -0.465 e. The molecule has 0 aliphatic heterocycles. The van der Waals surface area contributed by atoms with E-state index >= 15 is 0 Å². The average Bonchev–Trinajstić information content (AvgIpc) is 2.99. The first-order chi connectivity index (χ1) is 11.0. The summed E-state index contributed by atoms with van der Waals surface area (Å²) in [6, 6.07) is 9.42. The fourth-order valence-corrected chi connectivity index (χ4v) is 1.81. The van der Waals surface area contributed by atoms with Crippen molar-refractivity contribution in [2.24, 2.45) is 0 Å². The van der Waals surface area contributed by atoms with Crippen LogP contribution in [-0.4, -0.2) is 31.6 Å². The van der Waals surface area contributed by atoms with Crippen LogP contribution in [0.25, 0.3) is 0 Å². The molecule has 0 bridgehead atoms. The van der Waals surface area contributed by atoms with E-state index in [1.807, 2.05) is 0 Å². The molecule has 0 aliphatic rings. The third-order valence-corrected chi connectivity index (χ3v) is 2.88. The summed E-state index contributed by atoms with van der Waals surface area (Å²) in [5, 5.41) is 2.49. The topological polar surface area (TPSA) is 94.8 Å². The fourth-order valence-electron chi connectivity index (χ4n) is 1.81. The standard InChI is InChI=1S/C16H15NO6/c1-10-7-8-13(23-10)16(20)22-9-14(18)17-12-6-4-3-5-11(12)15(19)21-2/h3-8H,9H2,1-2H3,(H,17,18). The molecule has 2 aromatic rings. The van der Waals surface area contributed by atoms with Crippen LogP contribution in [0, 0.1) is 6.92 Å². The Balaban J connectivity index is 1.95. The summed E-state index contributed by atoms with van der Waals surface area (Å²) >= 11 is 0. The minimum absolute atomic E-state index is 0.0188. The number of aryl methyl sites for hydroxylation is 1. The molecular weight excluding hydrogens is 302 g/mol. The highest BCUT2D eigenvalue weighted by atomic mass is 16.5. The lowest BCUT2D eigenvalue weighted by atomic mass is 10.2. The summed E-state index contributed by atoms with van der Waals surface area (Å²) < 4.78 is 14.6. The van der Waals surface area contributed by atoms with Gasteiger partial charge in [0.1, 0.15) is 5.76 Å². The van der Waals surface area contributed by atoms with Gasteiger partial charge in [-0.1, -0.05) is 12.1 Å². The zero-order valence-corrected chi connectivity index (χ0v) is 12.6. The summed E-state index contributed by atoms with van der Waals surface area (Å²) in [5.74, 6) is -1.32. The minimum atomic E-state index is -0.741. The van der Waals surface area contributed by atoms with Crippen LogP contribution < -0.4 is 5.32 Å². The number of hydrogen-bond acceptors (Lipinski definition) is 6. The lowest BCUT2D eigenvalue weighted by Crippen LogP contribution is -2.22. The van der Waals surface area contributed by atoms with Crippen molar-refractivity contribution in [3.63, 3.8) is 0 Å². The van der Waals surface area contributed by atoms with Crippen LogP contribution in [-0.2, 0) is 14.3 Å². The van der Waals surface area contributed by atoms with Gasteiger partial charge in [0.05, 0.1) is 18.4 Å². The number of carbonyl (C=O) groups is 3. The second kappa shape index (κ2) is 7.26. The van der Waals surface area contributed by atoms with Crippen molar-refractivity contribution >= 4 is 23.5 Å². The average molecular weight is 317 g/mol. The van der Waals surface area contributed by atoms with E-state index in [0.29, 0.717) is 5.76 Å². The Hall–Kier alpha value is -3.09. The van der Waals surface area contributed by atoms with E-state index in [1.54, 1.807) is 31.2 Å². The van der Waals surface area contributed by atoms with Crippen LogP contribution >= 0.6 is 0 Å². The van der Waals surface area contributed by atoms with Gasteiger partial charge < -0.3 is 19.2 Å². The number of para-hydroxylation sites is 1. The number of methoxy groups -OCH3 is 1. The zero-order valence-electron chi connectivity index (χ0n) is 12.6. The van der Waals surface area contributed by atoms with Crippen LogP contribution in [0.1, 0.15) is 26.7 Å². The Bertz CT molecular complexity index is 734. The summed E-state index contributed by atoms with van der Waals surface area (Å²) in [7, 11) is 1.24. The first kappa shape index (κ1) is 16.3. The van der Waals surface area contributed by atoms with Crippen LogP contribution in [0.4, 0.5) is 5.69 Å². The van der Waals surface area contributed by atoms with Crippen LogP contribution in [0.5, 0.6) is 0 Å². The van der Waals surface area contributed by atoms with Crippen molar-refractivity contribution in [3.8, 4) is 0 Å². The number of benzene rings is 1. The molecule has 0 radical (unpaired) electrons. The normalized spacial score (nSPS) is 10.0. The largest absolute Gasteiger partial charge is 0.465 e. The van der Waals surface area contributed by atoms with Gasteiger partial charge >= 0.3 is 11.9 Å². The lowest BCUT2D eigenvalue weighted by molar-refractivity contribution is -0.119. The number of hydrogen-bond donors (Lipinski definition) is 1. The predicted octanol–water partition coefficient (Wildman–Crippen LogP) is 2.17. The highest BCUT2D eigenvalue weighted by molar-refractivity contribution is 6.02. The van der Waals surface area contributed by atoms with E-state index in [2.05, 4.69) is 10.1 Å². The molecule has 2 rings (SSSR count). The number of amides is 1. The highest BCUT2D eigenvalue weighted by Gasteiger charge is 2.16. The molecule has 1 aromatic heterocycles. The maximum Gasteiger partial charge on any atom is 0.374 e. The molecule has 1 N–H and O–H groups in total. The van der Waals surface area contributed by atoms with Crippen LogP contribution in [0.3, 0.4) is 0 Å². The Morgan fingerprint density at radius 1 is 1.09 bits per heavy atom.